The summed E-state index contributed by atoms with van der Waals surface area (Å²) >= 11 is 6.29. The number of nitrogens with two attached hydrogens (primary N) is 1. The Morgan fingerprint density at radius 1 is 1.32 bits per heavy atom. The fraction of sp³-hybridized carbons (Fsp3) is 0.381. The number of nitrogens with zero attached hydrogens (tertiary/aromatic N) is 3. The van der Waals surface area contributed by atoms with E-state index in [1.165, 1.54) is 7.11 Å². The van der Waals surface area contributed by atoms with Crippen LogP contribution in [0.15, 0.2) is 24.5 Å². The zero-order valence-corrected chi connectivity index (χ0v) is 18.0. The molecule has 1 saturated heterocycles. The molecule has 3 heterocycles. The Balaban J connectivity index is 1.86. The molecule has 1 aliphatic rings. The number of aliphatic hydroxyl groups is 1. The number of ether oxygens (including phenoxy) is 2. The molecule has 3 aromatic rings. The van der Waals surface area contributed by atoms with Crippen LogP contribution in [0.1, 0.15) is 5.56 Å². The van der Waals surface area contributed by atoms with Gasteiger partial charge in [0, 0.05) is 44.1 Å². The number of nitrogens with one attached hydrogen (secondary N) is 1. The highest BCUT2D eigenvalue weighted by atomic mass is 35.5. The lowest BCUT2D eigenvalue weighted by Crippen LogP contribution is -2.37. The van der Waals surface area contributed by atoms with Crippen LogP contribution in [-0.4, -0.2) is 61.0 Å². The van der Waals surface area contributed by atoms with Crippen LogP contribution < -0.4 is 20.7 Å². The van der Waals surface area contributed by atoms with Crippen LogP contribution in [0.25, 0.3) is 16.9 Å². The monoisotopic (exact) mass is 449 g/mol. The second kappa shape index (κ2) is 9.27. The predicted molar refractivity (Wildman–Crippen MR) is 119 cm³/mol. The first kappa shape index (κ1) is 21.6. The normalized spacial score (nSPS) is 14.3. The third-order valence-corrected chi connectivity index (χ3v) is 5.57. The molecule has 31 heavy (non-hydrogen) atoms. The van der Waals surface area contributed by atoms with Crippen molar-refractivity contribution < 1.29 is 19.0 Å². The fourth-order valence-corrected chi connectivity index (χ4v) is 4.00. The Labute approximate surface area is 184 Å². The molecular weight excluding hydrogens is 425 g/mol. The molecule has 8 nitrogen and oxygen atoms in total. The first-order valence-corrected chi connectivity index (χ1v) is 10.4. The molecule has 0 unspecified atom stereocenters. The number of pyridine rings is 1. The molecule has 166 valence electrons. The van der Waals surface area contributed by atoms with Crippen molar-refractivity contribution in [3.05, 3.63) is 40.9 Å². The summed E-state index contributed by atoms with van der Waals surface area (Å²) in [5.74, 6) is 0.0209. The van der Waals surface area contributed by atoms with E-state index in [-0.39, 0.29) is 12.3 Å². The SMILES string of the molecule is COc1cc(CO)c(-c2cn3cc(NCCN)c(N4CCOCC4)c(F)c3n2)cc1Cl. The van der Waals surface area contributed by atoms with Gasteiger partial charge in [0.1, 0.15) is 11.4 Å². The Bertz CT molecular complexity index is 1080. The standard InChI is InChI=1S/C21H25ClFN5O3/c1-30-18-8-13(12-29)14(9-15(18)22)16-10-28-11-17(25-3-2-24)20(19(23)21(28)26-16)27-4-6-31-7-5-27/h8-11,25,29H,2-7,12,24H2,1H3. The molecule has 0 spiro atoms. The van der Waals surface area contributed by atoms with Gasteiger partial charge in [-0.2, -0.15) is 0 Å². The second-order valence-corrected chi connectivity index (χ2v) is 7.59. The number of imidazole rings is 1. The van der Waals surface area contributed by atoms with Crippen LogP contribution in [-0.2, 0) is 11.3 Å². The number of methoxy groups -OCH3 is 1. The van der Waals surface area contributed by atoms with Gasteiger partial charge in [-0.1, -0.05) is 11.6 Å². The highest BCUT2D eigenvalue weighted by Gasteiger charge is 2.24. The number of fused-ring (bicyclic) bond motifs is 1. The summed E-state index contributed by atoms with van der Waals surface area (Å²) in [7, 11) is 1.51. The zero-order chi connectivity index (χ0) is 22.0. The summed E-state index contributed by atoms with van der Waals surface area (Å²) < 4.78 is 28.0. The molecule has 4 N–H and O–H groups in total. The van der Waals surface area contributed by atoms with Crippen LogP contribution in [0.5, 0.6) is 5.75 Å². The van der Waals surface area contributed by atoms with Crippen LogP contribution in [0.4, 0.5) is 15.8 Å². The van der Waals surface area contributed by atoms with Gasteiger partial charge in [-0.25, -0.2) is 9.37 Å². The van der Waals surface area contributed by atoms with Crippen LogP contribution in [0.3, 0.4) is 0 Å². The Kier molecular flexibility index (Phi) is 6.47. The number of aliphatic hydroxyl groups excluding tert-OH is 1. The highest BCUT2D eigenvalue weighted by molar-refractivity contribution is 6.32. The van der Waals surface area contributed by atoms with Gasteiger partial charge in [0.15, 0.2) is 11.5 Å². The van der Waals surface area contributed by atoms with Gasteiger partial charge in [-0.05, 0) is 17.7 Å². The summed E-state index contributed by atoms with van der Waals surface area (Å²) in [6.07, 6.45) is 3.52. The summed E-state index contributed by atoms with van der Waals surface area (Å²) in [5, 5.41) is 13.4. The predicted octanol–water partition coefficient (Wildman–Crippen LogP) is 2.50. The van der Waals surface area contributed by atoms with Gasteiger partial charge < -0.3 is 34.9 Å². The largest absolute Gasteiger partial charge is 0.495 e. The van der Waals surface area contributed by atoms with E-state index >= 15 is 4.39 Å². The summed E-state index contributed by atoms with van der Waals surface area (Å²) in [6, 6.07) is 3.33. The van der Waals surface area contributed by atoms with E-state index in [4.69, 9.17) is 26.8 Å². The number of rotatable bonds is 7. The molecule has 0 aliphatic carbocycles. The highest BCUT2D eigenvalue weighted by Crippen LogP contribution is 2.36. The molecule has 0 bridgehead atoms. The maximum Gasteiger partial charge on any atom is 0.191 e. The average molecular weight is 450 g/mol. The van der Waals surface area contributed by atoms with E-state index in [9.17, 15) is 5.11 Å². The van der Waals surface area contributed by atoms with Crippen LogP contribution in [0, 0.1) is 5.82 Å². The molecule has 4 rings (SSSR count). The van der Waals surface area contributed by atoms with Crippen molar-refractivity contribution in [2.24, 2.45) is 5.73 Å². The summed E-state index contributed by atoms with van der Waals surface area (Å²) in [6.45, 7) is 2.92. The van der Waals surface area contributed by atoms with Crippen LogP contribution >= 0.6 is 11.6 Å². The minimum atomic E-state index is -0.430. The van der Waals surface area contributed by atoms with E-state index in [2.05, 4.69) is 10.3 Å². The second-order valence-electron chi connectivity index (χ2n) is 7.18. The Hall–Kier alpha value is -2.59. The van der Waals surface area contributed by atoms with Crippen molar-refractivity contribution in [1.82, 2.24) is 9.38 Å². The van der Waals surface area contributed by atoms with Crippen molar-refractivity contribution in [2.75, 3.05) is 56.7 Å². The number of aromatic nitrogens is 2. The van der Waals surface area contributed by atoms with Crippen LogP contribution in [0.2, 0.25) is 5.02 Å². The molecule has 1 aromatic carbocycles. The number of anilines is 2. The maximum atomic E-state index is 15.7. The number of hydrogen-bond acceptors (Lipinski definition) is 7. The van der Waals surface area contributed by atoms with Crippen molar-refractivity contribution in [3.63, 3.8) is 0 Å². The van der Waals surface area contributed by atoms with E-state index in [0.29, 0.717) is 78.4 Å². The number of morpholine rings is 1. The number of benzene rings is 1. The topological polar surface area (TPSA) is 97.3 Å². The van der Waals surface area contributed by atoms with Crippen molar-refractivity contribution in [1.29, 1.82) is 0 Å². The lowest BCUT2D eigenvalue weighted by atomic mass is 10.1. The van der Waals surface area contributed by atoms with E-state index < -0.39 is 5.82 Å². The molecule has 0 atom stereocenters. The minimum Gasteiger partial charge on any atom is -0.495 e. The molecule has 2 aromatic heterocycles. The number of hydrogen-bond donors (Lipinski definition) is 3. The Morgan fingerprint density at radius 3 is 2.77 bits per heavy atom. The lowest BCUT2D eigenvalue weighted by molar-refractivity contribution is 0.122. The zero-order valence-electron chi connectivity index (χ0n) is 17.2. The smallest absolute Gasteiger partial charge is 0.191 e. The van der Waals surface area contributed by atoms with E-state index in [1.54, 1.807) is 28.9 Å². The lowest BCUT2D eigenvalue weighted by Gasteiger charge is -2.31. The summed E-state index contributed by atoms with van der Waals surface area (Å²) in [5.41, 5.74) is 8.62. The van der Waals surface area contributed by atoms with Gasteiger partial charge in [0.05, 0.1) is 43.3 Å². The van der Waals surface area contributed by atoms with Crippen molar-refractivity contribution in [3.8, 4) is 17.0 Å². The fourth-order valence-electron chi connectivity index (χ4n) is 3.76. The molecule has 0 saturated carbocycles. The third kappa shape index (κ3) is 4.14. The molecule has 0 amide bonds. The Morgan fingerprint density at radius 2 is 2.10 bits per heavy atom. The summed E-state index contributed by atoms with van der Waals surface area (Å²) in [4.78, 5) is 6.49. The first-order chi connectivity index (χ1) is 15.1. The molecule has 0 radical (unpaired) electrons. The van der Waals surface area contributed by atoms with Crippen molar-refractivity contribution >= 4 is 28.6 Å². The van der Waals surface area contributed by atoms with E-state index in [0.717, 1.165) is 0 Å². The minimum absolute atomic E-state index is 0.186. The molecular formula is C21H25ClFN5O3. The molecule has 1 fully saturated rings. The van der Waals surface area contributed by atoms with Gasteiger partial charge in [0.2, 0.25) is 0 Å². The first-order valence-electron chi connectivity index (χ1n) is 10.0. The maximum absolute atomic E-state index is 15.7. The number of halogens is 2. The molecule has 10 heteroatoms. The third-order valence-electron chi connectivity index (χ3n) is 5.27. The van der Waals surface area contributed by atoms with Gasteiger partial charge in [0.25, 0.3) is 0 Å². The van der Waals surface area contributed by atoms with Crippen molar-refractivity contribution in [2.45, 2.75) is 6.61 Å². The van der Waals surface area contributed by atoms with Gasteiger partial charge >= 0.3 is 0 Å². The van der Waals surface area contributed by atoms with Gasteiger partial charge in [-0.3, -0.25) is 0 Å². The quantitative estimate of drug-likeness (QED) is 0.510. The average Bonchev–Trinajstić information content (AvgIpc) is 3.22. The van der Waals surface area contributed by atoms with Gasteiger partial charge in [-0.15, -0.1) is 0 Å². The van der Waals surface area contributed by atoms with E-state index in [1.807, 2.05) is 4.90 Å². The molecule has 1 aliphatic heterocycles.